The smallest absolute Gasteiger partial charge is 0.405 e. The number of alkyl halides is 4. The highest BCUT2D eigenvalue weighted by Gasteiger charge is 2.30. The summed E-state index contributed by atoms with van der Waals surface area (Å²) >= 11 is 24.1. The average Bonchev–Trinajstić information content (AvgIpc) is 3.03. The van der Waals surface area contributed by atoms with Crippen molar-refractivity contribution in [3.63, 3.8) is 0 Å². The van der Waals surface area contributed by atoms with Crippen LogP contribution in [0.4, 0.5) is 4.79 Å². The fourth-order valence-corrected chi connectivity index (χ4v) is 8.32. The summed E-state index contributed by atoms with van der Waals surface area (Å²) in [6.07, 6.45) is 6.57. The maximum atomic E-state index is 12.2. The van der Waals surface area contributed by atoms with Gasteiger partial charge in [0.15, 0.2) is 0 Å². The lowest BCUT2D eigenvalue weighted by molar-refractivity contribution is -0.149. The maximum Gasteiger partial charge on any atom is 0.405 e. The summed E-state index contributed by atoms with van der Waals surface area (Å²) in [7, 11) is 0. The van der Waals surface area contributed by atoms with Gasteiger partial charge in [-0.2, -0.15) is 0 Å². The number of phenols is 4. The zero-order chi connectivity index (χ0) is 38.5. The topological polar surface area (TPSA) is 160 Å². The summed E-state index contributed by atoms with van der Waals surface area (Å²) in [6, 6.07) is 6.26. The van der Waals surface area contributed by atoms with Gasteiger partial charge in [0.05, 0.1) is 0 Å². The number of ether oxygens (including phenoxy) is 2. The van der Waals surface area contributed by atoms with Gasteiger partial charge < -0.3 is 35.6 Å². The number of carbonyl (C=O) groups excluding carboxylic acids is 2. The molecule has 292 valence electrons. The summed E-state index contributed by atoms with van der Waals surface area (Å²) in [5, 5.41) is 45.5. The molecule has 4 bridgehead atoms. The molecule has 0 fully saturated rings. The SMILES string of the molecule is CC(=O)OC1c2cc(O)c(c(O)c2)C(CCCC(Cl)Cl)CCCCC(C)C(OC(N)=O)c2cc(O)c(c(O)c2)C(CCCC(Cl)Cl)CCCCC1C. The Kier molecular flexibility index (Phi) is 18.1. The first kappa shape index (κ1) is 43.9. The van der Waals surface area contributed by atoms with Crippen molar-refractivity contribution in [2.45, 2.75) is 144 Å². The Morgan fingerprint density at radius 1 is 0.673 bits per heavy atom. The van der Waals surface area contributed by atoms with Gasteiger partial charge in [-0.3, -0.25) is 4.79 Å². The molecular weight excluding hydrogens is 752 g/mol. The minimum Gasteiger partial charge on any atom is -0.508 e. The number of phenolic OH excluding ortho intramolecular Hbond substituents is 4. The van der Waals surface area contributed by atoms with E-state index in [1.165, 1.54) is 6.92 Å². The van der Waals surface area contributed by atoms with Crippen molar-refractivity contribution in [1.29, 1.82) is 0 Å². The number of amides is 1. The van der Waals surface area contributed by atoms with E-state index >= 15 is 0 Å². The first-order chi connectivity index (χ1) is 24.6. The van der Waals surface area contributed by atoms with Gasteiger partial charge >= 0.3 is 12.1 Å². The maximum absolute atomic E-state index is 12.2. The molecule has 0 saturated heterocycles. The molecule has 2 aromatic carbocycles. The Morgan fingerprint density at radius 3 is 1.35 bits per heavy atom. The average molecular weight is 808 g/mol. The number of hydrogen-bond acceptors (Lipinski definition) is 8. The Labute approximate surface area is 328 Å². The van der Waals surface area contributed by atoms with Crippen LogP contribution in [-0.2, 0) is 14.3 Å². The molecule has 4 aliphatic carbocycles. The van der Waals surface area contributed by atoms with E-state index < -0.39 is 33.9 Å². The molecule has 9 nitrogen and oxygen atoms in total. The van der Waals surface area contributed by atoms with Crippen molar-refractivity contribution >= 4 is 58.5 Å². The number of primary amides is 1. The van der Waals surface area contributed by atoms with E-state index in [2.05, 4.69) is 0 Å². The van der Waals surface area contributed by atoms with E-state index in [1.54, 1.807) is 24.3 Å². The third-order valence-corrected chi connectivity index (χ3v) is 11.1. The summed E-state index contributed by atoms with van der Waals surface area (Å²) in [5.41, 5.74) is 7.26. The molecule has 0 aromatic heterocycles. The lowest BCUT2D eigenvalue weighted by Crippen LogP contribution is -2.22. The van der Waals surface area contributed by atoms with Gasteiger partial charge in [-0.05, 0) is 99.3 Å². The van der Waals surface area contributed by atoms with Gasteiger partial charge in [-0.1, -0.05) is 52.4 Å². The van der Waals surface area contributed by atoms with Crippen LogP contribution in [0, 0.1) is 11.8 Å². The minimum atomic E-state index is -0.965. The number of nitrogens with two attached hydrogens (primary N) is 1. The molecule has 0 heterocycles. The third kappa shape index (κ3) is 13.4. The van der Waals surface area contributed by atoms with Gasteiger partial charge in [0, 0.05) is 29.2 Å². The van der Waals surface area contributed by atoms with Crippen LogP contribution in [0.2, 0.25) is 0 Å². The van der Waals surface area contributed by atoms with E-state index in [0.29, 0.717) is 99.3 Å². The van der Waals surface area contributed by atoms with E-state index in [-0.39, 0.29) is 46.7 Å². The molecule has 0 radical (unpaired) electrons. The van der Waals surface area contributed by atoms with Crippen LogP contribution in [-0.4, -0.2) is 42.2 Å². The highest BCUT2D eigenvalue weighted by Crippen LogP contribution is 2.46. The first-order valence-corrected chi connectivity index (χ1v) is 20.1. The van der Waals surface area contributed by atoms with Gasteiger partial charge in [0.25, 0.3) is 0 Å². The van der Waals surface area contributed by atoms with Gasteiger partial charge in [0.2, 0.25) is 0 Å². The Morgan fingerprint density at radius 2 is 1.02 bits per heavy atom. The van der Waals surface area contributed by atoms with Crippen LogP contribution in [0.15, 0.2) is 24.3 Å². The highest BCUT2D eigenvalue weighted by molar-refractivity contribution is 6.44. The van der Waals surface area contributed by atoms with Crippen molar-refractivity contribution in [2.24, 2.45) is 17.6 Å². The van der Waals surface area contributed by atoms with E-state index in [0.717, 1.165) is 12.8 Å². The summed E-state index contributed by atoms with van der Waals surface area (Å²) < 4.78 is 11.3. The normalized spacial score (nSPS) is 23.6. The number of hydrogen-bond donors (Lipinski definition) is 5. The van der Waals surface area contributed by atoms with Crippen LogP contribution < -0.4 is 5.73 Å². The molecule has 0 saturated carbocycles. The molecule has 6 N–H and O–H groups in total. The molecule has 6 atom stereocenters. The van der Waals surface area contributed by atoms with Crippen molar-refractivity contribution in [1.82, 2.24) is 0 Å². The molecule has 2 aromatic rings. The number of halogens is 4. The van der Waals surface area contributed by atoms with E-state index in [4.69, 9.17) is 61.6 Å². The largest absolute Gasteiger partial charge is 0.508 e. The molecule has 13 heteroatoms. The van der Waals surface area contributed by atoms with Gasteiger partial charge in [0.1, 0.15) is 44.9 Å². The number of carbonyl (C=O) groups is 2. The molecule has 0 aliphatic heterocycles. The second kappa shape index (κ2) is 21.4. The van der Waals surface area contributed by atoms with Crippen LogP contribution in [0.25, 0.3) is 0 Å². The quantitative estimate of drug-likeness (QED) is 0.117. The molecule has 6 unspecified atom stereocenters. The Bertz CT molecular complexity index is 1300. The van der Waals surface area contributed by atoms with Crippen molar-refractivity contribution in [3.05, 3.63) is 46.5 Å². The summed E-state index contributed by atoms with van der Waals surface area (Å²) in [5.74, 6) is -1.62. The number of aromatic hydroxyl groups is 4. The Balaban J connectivity index is 2.04. The van der Waals surface area contributed by atoms with Gasteiger partial charge in [-0.25, -0.2) is 4.79 Å². The predicted molar refractivity (Wildman–Crippen MR) is 207 cm³/mol. The fraction of sp³-hybridized carbons (Fsp3) is 0.641. The standard InChI is InChI=1S/C39H55Cl4NO8/c1-22-10-4-6-12-26(15-9-17-34(42)43)36-31(48)20-28(21-32(36)49)38(52-39(44)50)23(2)11-5-7-13-25(14-8-16-33(40)41)35-29(46)18-27(19-30(35)47)37(22)51-24(3)45/h18-23,25-26,33-34,37-38,46-49H,4-17H2,1-3H3,(H2,44,50). The van der Waals surface area contributed by atoms with Crippen molar-refractivity contribution in [3.8, 4) is 23.0 Å². The molecule has 0 spiro atoms. The highest BCUT2D eigenvalue weighted by atomic mass is 35.5. The third-order valence-electron chi connectivity index (χ3n) is 10.2. The van der Waals surface area contributed by atoms with Crippen molar-refractivity contribution < 1.29 is 39.5 Å². The monoisotopic (exact) mass is 805 g/mol. The molecule has 4 aliphatic rings. The molecular formula is C39H55Cl4NO8. The van der Waals surface area contributed by atoms with Crippen molar-refractivity contribution in [2.75, 3.05) is 0 Å². The lowest BCUT2D eigenvalue weighted by Gasteiger charge is -2.28. The zero-order valence-electron chi connectivity index (χ0n) is 30.3. The second-order valence-electron chi connectivity index (χ2n) is 14.4. The molecule has 52 heavy (non-hydrogen) atoms. The first-order valence-electron chi connectivity index (χ1n) is 18.4. The van der Waals surface area contributed by atoms with Crippen LogP contribution in [0.1, 0.15) is 157 Å². The number of esters is 1. The Hall–Kier alpha value is -2.46. The van der Waals surface area contributed by atoms with E-state index in [1.807, 2.05) is 13.8 Å². The molecule has 1 amide bonds. The summed E-state index contributed by atoms with van der Waals surface area (Å²) in [4.78, 5) is 23.2. The fourth-order valence-electron chi connectivity index (χ4n) is 7.70. The van der Waals surface area contributed by atoms with E-state index in [9.17, 15) is 30.0 Å². The minimum absolute atomic E-state index is 0.0651. The number of rotatable bonds is 10. The summed E-state index contributed by atoms with van der Waals surface area (Å²) in [6.45, 7) is 5.22. The van der Waals surface area contributed by atoms with Crippen LogP contribution >= 0.6 is 46.4 Å². The van der Waals surface area contributed by atoms with Gasteiger partial charge in [-0.15, -0.1) is 46.4 Å². The zero-order valence-corrected chi connectivity index (χ0v) is 33.4. The predicted octanol–water partition coefficient (Wildman–Crippen LogP) is 11.5. The van der Waals surface area contributed by atoms with Crippen LogP contribution in [0.3, 0.4) is 0 Å². The second-order valence-corrected chi connectivity index (χ2v) is 16.9. The molecule has 6 rings (SSSR count). The lowest BCUT2D eigenvalue weighted by atomic mass is 9.83. The number of benzene rings is 2. The van der Waals surface area contributed by atoms with Crippen LogP contribution in [0.5, 0.6) is 23.0 Å².